The van der Waals surface area contributed by atoms with Crippen molar-refractivity contribution in [3.8, 4) is 11.1 Å². The zero-order chi connectivity index (χ0) is 29.8. The quantitative estimate of drug-likeness (QED) is 0.154. The van der Waals surface area contributed by atoms with Gasteiger partial charge in [0.05, 0.1) is 0 Å². The van der Waals surface area contributed by atoms with Crippen molar-refractivity contribution in [1.29, 1.82) is 0 Å². The summed E-state index contributed by atoms with van der Waals surface area (Å²) in [7, 11) is 0. The molecular formula is C44H34. The summed E-state index contributed by atoms with van der Waals surface area (Å²) in [6.45, 7) is 0. The fraction of sp³-hybridized carbons (Fsp3) is 0. The Hall–Kier alpha value is -5.72. The highest BCUT2D eigenvalue weighted by Gasteiger charge is 2.14. The van der Waals surface area contributed by atoms with E-state index in [0.29, 0.717) is 0 Å². The second kappa shape index (κ2) is 14.4. The first kappa shape index (κ1) is 28.4. The topological polar surface area (TPSA) is 0 Å². The maximum Gasteiger partial charge on any atom is -0.00987 e. The van der Waals surface area contributed by atoms with Crippen molar-refractivity contribution in [2.24, 2.45) is 0 Å². The predicted octanol–water partition coefficient (Wildman–Crippen LogP) is 12.0. The monoisotopic (exact) mass is 562 g/mol. The van der Waals surface area contributed by atoms with Crippen LogP contribution in [0.5, 0.6) is 0 Å². The smallest absolute Gasteiger partial charge is 0.00987 e. The highest BCUT2D eigenvalue weighted by Crippen LogP contribution is 2.36. The van der Waals surface area contributed by atoms with Gasteiger partial charge in [-0.05, 0) is 61.7 Å². The summed E-state index contributed by atoms with van der Waals surface area (Å²) in [4.78, 5) is 0. The largest absolute Gasteiger partial charge is 0.0622 e. The minimum atomic E-state index is 1.16. The molecule has 0 aliphatic carbocycles. The molecule has 0 aromatic heterocycles. The van der Waals surface area contributed by atoms with E-state index in [1.165, 1.54) is 38.9 Å². The van der Waals surface area contributed by atoms with E-state index in [4.69, 9.17) is 0 Å². The van der Waals surface area contributed by atoms with Crippen molar-refractivity contribution in [1.82, 2.24) is 0 Å². The lowest BCUT2D eigenvalue weighted by molar-refractivity contribution is 1.52. The molecule has 0 heteroatoms. The molecule has 0 fully saturated rings. The lowest BCUT2D eigenvalue weighted by atomic mass is 9.86. The van der Waals surface area contributed by atoms with Gasteiger partial charge in [-0.1, -0.05) is 200 Å². The van der Waals surface area contributed by atoms with E-state index in [0.717, 1.165) is 16.7 Å². The second-order valence-electron chi connectivity index (χ2n) is 10.6. The molecule has 44 heavy (non-hydrogen) atoms. The van der Waals surface area contributed by atoms with Gasteiger partial charge < -0.3 is 0 Å². The van der Waals surface area contributed by atoms with Gasteiger partial charge in [0.2, 0.25) is 0 Å². The Morgan fingerprint density at radius 2 is 0.614 bits per heavy atom. The molecule has 210 valence electrons. The molecular weight excluding hydrogens is 528 g/mol. The van der Waals surface area contributed by atoms with Crippen LogP contribution in [0.1, 0.15) is 44.5 Å². The van der Waals surface area contributed by atoms with E-state index >= 15 is 0 Å². The van der Waals surface area contributed by atoms with E-state index in [-0.39, 0.29) is 0 Å². The summed E-state index contributed by atoms with van der Waals surface area (Å²) in [5.41, 5.74) is 11.7. The maximum atomic E-state index is 2.34. The number of hydrogen-bond acceptors (Lipinski definition) is 0. The van der Waals surface area contributed by atoms with Crippen molar-refractivity contribution in [2.75, 3.05) is 0 Å². The van der Waals surface area contributed by atoms with Crippen LogP contribution in [0, 0.1) is 0 Å². The Morgan fingerprint density at radius 3 is 1.05 bits per heavy atom. The van der Waals surface area contributed by atoms with Gasteiger partial charge in [-0.15, -0.1) is 0 Å². The predicted molar refractivity (Wildman–Crippen MR) is 193 cm³/mol. The zero-order valence-electron chi connectivity index (χ0n) is 24.6. The third-order valence-electron chi connectivity index (χ3n) is 7.55. The molecule has 0 spiro atoms. The van der Waals surface area contributed by atoms with Crippen LogP contribution in [0.25, 0.3) is 59.7 Å². The van der Waals surface area contributed by atoms with Crippen molar-refractivity contribution in [3.05, 3.63) is 202 Å². The molecule has 0 aliphatic heterocycles. The van der Waals surface area contributed by atoms with Crippen molar-refractivity contribution < 1.29 is 0 Å². The van der Waals surface area contributed by atoms with Gasteiger partial charge in [-0.25, -0.2) is 0 Å². The molecule has 0 bridgehead atoms. The van der Waals surface area contributed by atoms with Crippen LogP contribution in [-0.2, 0) is 0 Å². The Kier molecular flexibility index (Phi) is 9.33. The zero-order valence-corrected chi connectivity index (χ0v) is 24.6. The summed E-state index contributed by atoms with van der Waals surface area (Å²) < 4.78 is 0. The average Bonchev–Trinajstić information content (AvgIpc) is 3.10. The van der Waals surface area contributed by atoms with Crippen molar-refractivity contribution >= 4 is 48.6 Å². The average molecular weight is 563 g/mol. The lowest BCUT2D eigenvalue weighted by Gasteiger charge is -2.17. The van der Waals surface area contributed by atoms with Gasteiger partial charge in [0.1, 0.15) is 0 Å². The van der Waals surface area contributed by atoms with Crippen molar-refractivity contribution in [2.45, 2.75) is 0 Å². The first-order chi connectivity index (χ1) is 21.8. The van der Waals surface area contributed by atoms with Crippen LogP contribution in [0.2, 0.25) is 0 Å². The number of rotatable bonds is 9. The van der Waals surface area contributed by atoms with E-state index in [9.17, 15) is 0 Å². The molecule has 0 heterocycles. The Morgan fingerprint density at radius 1 is 0.273 bits per heavy atom. The van der Waals surface area contributed by atoms with Gasteiger partial charge >= 0.3 is 0 Å². The minimum absolute atomic E-state index is 1.16. The second-order valence-corrected chi connectivity index (χ2v) is 10.6. The Bertz CT molecular complexity index is 1890. The molecule has 0 unspecified atom stereocenters. The fourth-order valence-corrected chi connectivity index (χ4v) is 5.28. The molecule has 0 amide bonds. The molecule has 6 aromatic rings. The third kappa shape index (κ3) is 7.37. The molecule has 0 aliphatic rings. The first-order valence-electron chi connectivity index (χ1n) is 15.0. The molecule has 0 saturated heterocycles. The summed E-state index contributed by atoms with van der Waals surface area (Å²) in [5.74, 6) is 0. The van der Waals surface area contributed by atoms with Gasteiger partial charge in [0, 0.05) is 0 Å². The van der Waals surface area contributed by atoms with E-state index in [2.05, 4.69) is 206 Å². The number of benzene rings is 6. The van der Waals surface area contributed by atoms with Gasteiger partial charge in [0.15, 0.2) is 0 Å². The van der Waals surface area contributed by atoms with Gasteiger partial charge in [-0.3, -0.25) is 0 Å². The van der Waals surface area contributed by atoms with Crippen LogP contribution < -0.4 is 0 Å². The van der Waals surface area contributed by atoms with E-state index < -0.39 is 0 Å². The molecule has 0 N–H and O–H groups in total. The summed E-state index contributed by atoms with van der Waals surface area (Å²) in [5, 5.41) is 0. The van der Waals surface area contributed by atoms with Crippen LogP contribution in [0.15, 0.2) is 158 Å². The van der Waals surface area contributed by atoms with Gasteiger partial charge in [0.25, 0.3) is 0 Å². The van der Waals surface area contributed by atoms with E-state index in [1.807, 2.05) is 0 Å². The SMILES string of the molecule is C(=Cc1cc(-c2ccccc2)c(C=Cc2ccccc2)c(C=Cc2ccccc2)c1C=Cc1ccccc1)c1ccccc1. The minimum Gasteiger partial charge on any atom is -0.0622 e. The van der Waals surface area contributed by atoms with Gasteiger partial charge in [-0.2, -0.15) is 0 Å². The Balaban J connectivity index is 1.63. The lowest BCUT2D eigenvalue weighted by Crippen LogP contribution is -1.96. The molecule has 0 radical (unpaired) electrons. The highest BCUT2D eigenvalue weighted by atomic mass is 14.2. The molecule has 6 rings (SSSR count). The molecule has 0 saturated carbocycles. The highest BCUT2D eigenvalue weighted by molar-refractivity contribution is 5.95. The fourth-order valence-electron chi connectivity index (χ4n) is 5.28. The standard InChI is InChI=1S/C44H34/c1-6-16-35(17-7-1)26-30-40-34-44(39-24-14-5-15-25-39)43(33-29-38-22-12-4-13-23-38)42(32-28-37-20-10-3-11-21-37)41(40)31-27-36-18-8-2-9-19-36/h1-34H. The van der Waals surface area contributed by atoms with Crippen molar-refractivity contribution in [3.63, 3.8) is 0 Å². The Labute approximate surface area is 261 Å². The summed E-state index contributed by atoms with van der Waals surface area (Å²) >= 11 is 0. The third-order valence-corrected chi connectivity index (χ3v) is 7.55. The van der Waals surface area contributed by atoms with Crippen LogP contribution in [0.3, 0.4) is 0 Å². The van der Waals surface area contributed by atoms with E-state index in [1.54, 1.807) is 0 Å². The summed E-state index contributed by atoms with van der Waals surface area (Å²) in [6, 6.07) is 55.1. The van der Waals surface area contributed by atoms with Crippen LogP contribution in [0.4, 0.5) is 0 Å². The summed E-state index contributed by atoms with van der Waals surface area (Å²) in [6.07, 6.45) is 17.9. The molecule has 0 atom stereocenters. The molecule has 6 aromatic carbocycles. The van der Waals surface area contributed by atoms with Crippen LogP contribution >= 0.6 is 0 Å². The molecule has 0 nitrogen and oxygen atoms in total. The first-order valence-corrected chi connectivity index (χ1v) is 15.0. The maximum absolute atomic E-state index is 2.34. The normalized spacial score (nSPS) is 11.7. The number of hydrogen-bond donors (Lipinski definition) is 0. The van der Waals surface area contributed by atoms with Crippen LogP contribution in [-0.4, -0.2) is 0 Å².